The first-order valence-electron chi connectivity index (χ1n) is 9.34. The molecular formula is C20H31N3O2. The molecule has 0 saturated carbocycles. The molecule has 2 rings (SSSR count). The van der Waals surface area contributed by atoms with E-state index >= 15 is 0 Å². The number of likely N-dealkylation sites (tertiary alicyclic amines) is 1. The molecule has 2 amide bonds. The van der Waals surface area contributed by atoms with E-state index in [1.165, 1.54) is 0 Å². The lowest BCUT2D eigenvalue weighted by Crippen LogP contribution is -2.54. The topological polar surface area (TPSA) is 75.4 Å². The summed E-state index contributed by atoms with van der Waals surface area (Å²) in [5.41, 5.74) is 6.02. The number of hydrogen-bond acceptors (Lipinski definition) is 3. The van der Waals surface area contributed by atoms with Crippen LogP contribution in [0.4, 0.5) is 0 Å². The molecule has 1 aliphatic heterocycles. The van der Waals surface area contributed by atoms with Crippen LogP contribution in [-0.2, 0) is 15.1 Å². The van der Waals surface area contributed by atoms with Crippen LogP contribution in [0.5, 0.6) is 0 Å². The first kappa shape index (κ1) is 19.4. The maximum absolute atomic E-state index is 12.6. The average molecular weight is 345 g/mol. The van der Waals surface area contributed by atoms with Crippen LogP contribution >= 0.6 is 0 Å². The highest BCUT2D eigenvalue weighted by Crippen LogP contribution is 2.20. The Morgan fingerprint density at radius 3 is 2.28 bits per heavy atom. The van der Waals surface area contributed by atoms with Gasteiger partial charge in [-0.1, -0.05) is 44.2 Å². The minimum absolute atomic E-state index is 0.0739. The number of piperidine rings is 1. The zero-order chi connectivity index (χ0) is 18.4. The quantitative estimate of drug-likeness (QED) is 0.831. The van der Waals surface area contributed by atoms with Gasteiger partial charge in [-0.2, -0.15) is 0 Å². The summed E-state index contributed by atoms with van der Waals surface area (Å²) in [6.07, 6.45) is 3.33. The van der Waals surface area contributed by atoms with Gasteiger partial charge in [0.15, 0.2) is 0 Å². The molecule has 1 unspecified atom stereocenters. The summed E-state index contributed by atoms with van der Waals surface area (Å²) in [6, 6.07) is 9.49. The van der Waals surface area contributed by atoms with Crippen molar-refractivity contribution in [1.82, 2.24) is 10.2 Å². The molecule has 1 fully saturated rings. The summed E-state index contributed by atoms with van der Waals surface area (Å²) in [5.74, 6) is 0.211. The molecule has 5 heteroatoms. The van der Waals surface area contributed by atoms with Crippen molar-refractivity contribution >= 4 is 11.8 Å². The van der Waals surface area contributed by atoms with Gasteiger partial charge in [-0.3, -0.25) is 9.59 Å². The number of nitrogens with zero attached hydrogens (tertiary/aromatic N) is 1. The van der Waals surface area contributed by atoms with E-state index in [1.54, 1.807) is 6.92 Å². The van der Waals surface area contributed by atoms with Gasteiger partial charge in [-0.25, -0.2) is 0 Å². The van der Waals surface area contributed by atoms with Crippen molar-refractivity contribution in [3.63, 3.8) is 0 Å². The van der Waals surface area contributed by atoms with Crippen LogP contribution in [0.15, 0.2) is 30.3 Å². The highest BCUT2D eigenvalue weighted by atomic mass is 16.2. The molecule has 0 spiro atoms. The van der Waals surface area contributed by atoms with Gasteiger partial charge in [0, 0.05) is 25.0 Å². The lowest BCUT2D eigenvalue weighted by atomic mass is 9.91. The van der Waals surface area contributed by atoms with Crippen molar-refractivity contribution in [2.24, 2.45) is 11.7 Å². The third kappa shape index (κ3) is 4.60. The molecule has 5 nitrogen and oxygen atoms in total. The van der Waals surface area contributed by atoms with Gasteiger partial charge in [0.25, 0.3) is 0 Å². The highest BCUT2D eigenvalue weighted by Gasteiger charge is 2.33. The summed E-state index contributed by atoms with van der Waals surface area (Å²) in [5, 5.41) is 3.07. The van der Waals surface area contributed by atoms with Gasteiger partial charge < -0.3 is 16.0 Å². The molecular weight excluding hydrogens is 314 g/mol. The highest BCUT2D eigenvalue weighted by molar-refractivity contribution is 5.87. The van der Waals surface area contributed by atoms with Gasteiger partial charge in [-0.15, -0.1) is 0 Å². The van der Waals surface area contributed by atoms with Crippen LogP contribution in [0.3, 0.4) is 0 Å². The monoisotopic (exact) mass is 345 g/mol. The molecule has 1 atom stereocenters. The molecule has 1 heterocycles. The maximum Gasteiger partial charge on any atom is 0.244 e. The number of nitrogens with one attached hydrogen (secondary N) is 1. The molecule has 0 aromatic heterocycles. The number of nitrogens with two attached hydrogens (primary N) is 1. The lowest BCUT2D eigenvalue weighted by molar-refractivity contribution is -0.137. The first-order valence-corrected chi connectivity index (χ1v) is 9.34. The van der Waals surface area contributed by atoms with E-state index in [0.717, 1.165) is 31.2 Å². The minimum atomic E-state index is -1.05. The molecule has 0 aliphatic carbocycles. The second-order valence-electron chi connectivity index (χ2n) is 7.15. The third-order valence-corrected chi connectivity index (χ3v) is 5.32. The van der Waals surface area contributed by atoms with E-state index in [2.05, 4.69) is 19.2 Å². The number of hydrogen-bond donors (Lipinski definition) is 2. The normalized spacial score (nSPS) is 18.0. The number of amides is 2. The summed E-state index contributed by atoms with van der Waals surface area (Å²) >= 11 is 0. The zero-order valence-electron chi connectivity index (χ0n) is 15.6. The number of carbonyl (C=O) groups excluding carboxylic acids is 2. The molecule has 138 valence electrons. The van der Waals surface area contributed by atoms with Crippen LogP contribution < -0.4 is 11.1 Å². The molecule has 1 aromatic rings. The van der Waals surface area contributed by atoms with Crippen LogP contribution in [0.2, 0.25) is 0 Å². The fourth-order valence-electron chi connectivity index (χ4n) is 3.39. The summed E-state index contributed by atoms with van der Waals surface area (Å²) in [4.78, 5) is 27.0. The molecule has 0 bridgehead atoms. The Labute approximate surface area is 151 Å². The van der Waals surface area contributed by atoms with E-state index in [0.29, 0.717) is 13.1 Å². The zero-order valence-corrected chi connectivity index (χ0v) is 15.6. The lowest BCUT2D eigenvalue weighted by Gasteiger charge is -2.35. The molecule has 1 aliphatic rings. The largest absolute Gasteiger partial charge is 0.351 e. The Morgan fingerprint density at radius 1 is 1.20 bits per heavy atom. The van der Waals surface area contributed by atoms with Crippen molar-refractivity contribution in [2.75, 3.05) is 13.1 Å². The van der Waals surface area contributed by atoms with Crippen LogP contribution in [-0.4, -0.2) is 35.8 Å². The summed E-state index contributed by atoms with van der Waals surface area (Å²) < 4.78 is 0. The number of rotatable bonds is 6. The predicted molar refractivity (Wildman–Crippen MR) is 99.8 cm³/mol. The fraction of sp³-hybridized carbons (Fsp3) is 0.600. The van der Waals surface area contributed by atoms with Crippen LogP contribution in [0.25, 0.3) is 0 Å². The van der Waals surface area contributed by atoms with Gasteiger partial charge in [0.05, 0.1) is 0 Å². The summed E-state index contributed by atoms with van der Waals surface area (Å²) in [7, 11) is 0. The van der Waals surface area contributed by atoms with Gasteiger partial charge >= 0.3 is 0 Å². The van der Waals surface area contributed by atoms with Crippen LogP contribution in [0, 0.1) is 5.92 Å². The average Bonchev–Trinajstić information content (AvgIpc) is 2.64. The predicted octanol–water partition coefficient (Wildman–Crippen LogP) is 2.40. The van der Waals surface area contributed by atoms with Crippen LogP contribution in [0.1, 0.15) is 52.0 Å². The van der Waals surface area contributed by atoms with E-state index in [1.807, 2.05) is 35.2 Å². The Morgan fingerprint density at radius 2 is 1.76 bits per heavy atom. The summed E-state index contributed by atoms with van der Waals surface area (Å²) in [6.45, 7) is 7.26. The minimum Gasteiger partial charge on any atom is -0.351 e. The fourth-order valence-corrected chi connectivity index (χ4v) is 3.39. The Bertz CT molecular complexity index is 574. The first-order chi connectivity index (χ1) is 11.9. The number of benzene rings is 1. The SMILES string of the molecule is CCC(CC)C(=O)N1CCC(NC(=O)C(C)(N)c2ccccc2)CC1. The molecule has 25 heavy (non-hydrogen) atoms. The van der Waals surface area contributed by atoms with Crippen molar-refractivity contribution in [3.05, 3.63) is 35.9 Å². The van der Waals surface area contributed by atoms with Gasteiger partial charge in [-0.05, 0) is 38.2 Å². The third-order valence-electron chi connectivity index (χ3n) is 5.32. The molecule has 1 aromatic carbocycles. The second-order valence-corrected chi connectivity index (χ2v) is 7.15. The van der Waals surface area contributed by atoms with Crippen molar-refractivity contribution in [3.8, 4) is 0 Å². The van der Waals surface area contributed by atoms with E-state index in [9.17, 15) is 9.59 Å². The Balaban J connectivity index is 1.89. The van der Waals surface area contributed by atoms with Crippen molar-refractivity contribution in [1.29, 1.82) is 0 Å². The maximum atomic E-state index is 12.6. The van der Waals surface area contributed by atoms with E-state index < -0.39 is 5.54 Å². The second kappa shape index (κ2) is 8.48. The van der Waals surface area contributed by atoms with Crippen molar-refractivity contribution < 1.29 is 9.59 Å². The Kier molecular flexibility index (Phi) is 6.59. The van der Waals surface area contributed by atoms with E-state index in [4.69, 9.17) is 5.73 Å². The smallest absolute Gasteiger partial charge is 0.244 e. The Hall–Kier alpha value is -1.88. The molecule has 1 saturated heterocycles. The molecule has 3 N–H and O–H groups in total. The van der Waals surface area contributed by atoms with Gasteiger partial charge in [0.1, 0.15) is 5.54 Å². The number of carbonyl (C=O) groups is 2. The molecule has 0 radical (unpaired) electrons. The van der Waals surface area contributed by atoms with Crippen molar-refractivity contribution in [2.45, 2.75) is 58.0 Å². The van der Waals surface area contributed by atoms with E-state index in [-0.39, 0.29) is 23.8 Å². The van der Waals surface area contributed by atoms with Gasteiger partial charge in [0.2, 0.25) is 11.8 Å². The standard InChI is InChI=1S/C20H31N3O2/c1-4-15(5-2)18(24)23-13-11-17(12-14-23)22-19(25)20(3,21)16-9-7-6-8-10-16/h6-10,15,17H,4-5,11-14,21H2,1-3H3,(H,22,25).